The lowest BCUT2D eigenvalue weighted by molar-refractivity contribution is -0.129. The van der Waals surface area contributed by atoms with Gasteiger partial charge in [-0.25, -0.2) is 10.9 Å². The molecule has 10 nitrogen and oxygen atoms in total. The minimum absolute atomic E-state index is 0.154. The Balaban J connectivity index is 2.08. The van der Waals surface area contributed by atoms with Gasteiger partial charge >= 0.3 is 0 Å². The van der Waals surface area contributed by atoms with E-state index >= 15 is 0 Å². The summed E-state index contributed by atoms with van der Waals surface area (Å²) in [7, 11) is 3.18. The van der Waals surface area contributed by atoms with Crippen LogP contribution in [0.4, 0.5) is 0 Å². The predicted molar refractivity (Wildman–Crippen MR) is 154 cm³/mol. The second kappa shape index (κ2) is 12.9. The van der Waals surface area contributed by atoms with Crippen LogP contribution in [0.25, 0.3) is 0 Å². The second-order valence-electron chi connectivity index (χ2n) is 9.50. The van der Waals surface area contributed by atoms with Crippen molar-refractivity contribution in [2.45, 2.75) is 61.8 Å². The highest BCUT2D eigenvalue weighted by Gasteiger charge is 2.19. The van der Waals surface area contributed by atoms with Gasteiger partial charge in [0.2, 0.25) is 11.8 Å². The molecule has 2 rings (SSSR count). The Labute approximate surface area is 229 Å². The zero-order valence-corrected chi connectivity index (χ0v) is 24.4. The molecular weight excluding hydrogens is 496 g/mol. The van der Waals surface area contributed by atoms with Crippen molar-refractivity contribution in [2.75, 3.05) is 14.1 Å². The molecule has 2 aromatic rings. The monoisotopic (exact) mass is 534 g/mol. The van der Waals surface area contributed by atoms with Gasteiger partial charge in [-0.1, -0.05) is 0 Å². The summed E-state index contributed by atoms with van der Waals surface area (Å²) < 4.78 is 0. The molecule has 0 fully saturated rings. The highest BCUT2D eigenvalue weighted by molar-refractivity contribution is 6.01. The van der Waals surface area contributed by atoms with Crippen LogP contribution >= 0.6 is 0 Å². The van der Waals surface area contributed by atoms with Crippen LogP contribution in [-0.4, -0.2) is 50.2 Å². The van der Waals surface area contributed by atoms with Gasteiger partial charge < -0.3 is 10.6 Å². The van der Waals surface area contributed by atoms with E-state index in [1.54, 1.807) is 14.1 Å². The number of amides is 4. The summed E-state index contributed by atoms with van der Waals surface area (Å²) in [5.74, 6) is -1.51. The Kier molecular flexibility index (Phi) is 10.3. The molecule has 4 N–H and O–H groups in total. The third-order valence-corrected chi connectivity index (χ3v) is 7.36. The molecule has 0 saturated carbocycles. The molecule has 0 aromatic heterocycles. The van der Waals surface area contributed by atoms with Gasteiger partial charge in [0.25, 0.3) is 11.8 Å². The van der Waals surface area contributed by atoms with Gasteiger partial charge in [-0.2, -0.15) is 10.2 Å². The second-order valence-corrected chi connectivity index (χ2v) is 9.50. The quantitative estimate of drug-likeness (QED) is 0.235. The van der Waals surface area contributed by atoms with E-state index in [9.17, 15) is 19.2 Å². The van der Waals surface area contributed by atoms with Crippen molar-refractivity contribution in [3.8, 4) is 0 Å². The molecule has 0 radical (unpaired) electrons. The smallest absolute Gasteiger partial charge is 0.251 e. The maximum Gasteiger partial charge on any atom is 0.251 e. The van der Waals surface area contributed by atoms with Crippen LogP contribution in [0.15, 0.2) is 10.2 Å². The first-order valence-electron chi connectivity index (χ1n) is 12.6. The van der Waals surface area contributed by atoms with Crippen molar-refractivity contribution < 1.29 is 19.2 Å². The summed E-state index contributed by atoms with van der Waals surface area (Å²) in [6.45, 7) is 15.0. The fourth-order valence-electron chi connectivity index (χ4n) is 4.56. The Morgan fingerprint density at radius 2 is 0.821 bits per heavy atom. The van der Waals surface area contributed by atoms with Gasteiger partial charge in [-0.15, -0.1) is 0 Å². The summed E-state index contributed by atoms with van der Waals surface area (Å²) in [5.41, 5.74) is 14.4. The molecule has 2 aromatic carbocycles. The number of hydrogen-bond acceptors (Lipinski definition) is 6. The molecule has 0 saturated heterocycles. The lowest BCUT2D eigenvalue weighted by Crippen LogP contribution is -2.27. The summed E-state index contributed by atoms with van der Waals surface area (Å²) in [6.07, 6.45) is 2.57. The van der Waals surface area contributed by atoms with Gasteiger partial charge in [0, 0.05) is 36.3 Å². The molecule has 0 aliphatic carbocycles. The van der Waals surface area contributed by atoms with E-state index in [-0.39, 0.29) is 11.8 Å². The van der Waals surface area contributed by atoms with Crippen LogP contribution in [0.5, 0.6) is 0 Å². The van der Waals surface area contributed by atoms with Crippen LogP contribution in [0, 0.1) is 55.4 Å². The van der Waals surface area contributed by atoms with Gasteiger partial charge in [0.05, 0.1) is 12.4 Å². The number of carbonyl (C=O) groups is 4. The third-order valence-electron chi connectivity index (χ3n) is 7.36. The Morgan fingerprint density at radius 3 is 1.08 bits per heavy atom. The first kappa shape index (κ1) is 30.9. The Bertz CT molecular complexity index is 1240. The number of nitrogens with one attached hydrogen (secondary N) is 4. The van der Waals surface area contributed by atoms with Crippen molar-refractivity contribution in [3.05, 3.63) is 66.8 Å². The standard InChI is InChI=1S/C29H38N6O4/c1-14-18(5)26(28(38)30-9)19(6)15(2)22(14)12-32-34-24(36)11-25(37)35-33-13-23-16(3)20(7)27(29(39)31-10)21(8)17(23)4/h12-13H,11H2,1-10H3,(H,30,38)(H,31,39)(H,34,36)(H,35,37)/b32-12+,33-13+. The number of nitrogens with zero attached hydrogens (tertiary/aromatic N) is 2. The highest BCUT2D eigenvalue weighted by atomic mass is 16.2. The molecule has 4 amide bonds. The molecule has 0 aliphatic rings. The van der Waals surface area contributed by atoms with Crippen molar-refractivity contribution in [3.63, 3.8) is 0 Å². The van der Waals surface area contributed by atoms with Gasteiger partial charge in [0.15, 0.2) is 0 Å². The molecule has 0 bridgehead atoms. The summed E-state index contributed by atoms with van der Waals surface area (Å²) >= 11 is 0. The molecular formula is C29H38N6O4. The molecule has 0 heterocycles. The number of benzene rings is 2. The molecule has 0 atom stereocenters. The van der Waals surface area contributed by atoms with E-state index in [1.165, 1.54) is 12.4 Å². The topological polar surface area (TPSA) is 141 Å². The van der Waals surface area contributed by atoms with E-state index in [0.717, 1.165) is 55.6 Å². The fraction of sp³-hybridized carbons (Fsp3) is 0.379. The SMILES string of the molecule is CNC(=O)c1c(C)c(C)c(/C=N/NC(=O)CC(=O)N/N=C/c2c(C)c(C)c(C(=O)NC)c(C)c2C)c(C)c1C. The zero-order valence-electron chi connectivity index (χ0n) is 24.4. The Morgan fingerprint density at radius 1 is 0.538 bits per heavy atom. The minimum atomic E-state index is -0.598. The average Bonchev–Trinajstić information content (AvgIpc) is 2.90. The lowest BCUT2D eigenvalue weighted by Gasteiger charge is -2.17. The van der Waals surface area contributed by atoms with Crippen LogP contribution in [0.1, 0.15) is 82.8 Å². The van der Waals surface area contributed by atoms with Gasteiger partial charge in [-0.05, 0) is 99.9 Å². The van der Waals surface area contributed by atoms with Crippen LogP contribution in [-0.2, 0) is 9.59 Å². The van der Waals surface area contributed by atoms with Gasteiger partial charge in [0.1, 0.15) is 6.42 Å². The summed E-state index contributed by atoms with van der Waals surface area (Å²) in [4.78, 5) is 49.1. The van der Waals surface area contributed by atoms with Crippen molar-refractivity contribution in [1.82, 2.24) is 21.5 Å². The molecule has 10 heteroatoms. The number of hydrogen-bond donors (Lipinski definition) is 4. The zero-order chi connectivity index (χ0) is 29.6. The number of rotatable bonds is 8. The number of hydrazone groups is 2. The van der Waals surface area contributed by atoms with Crippen LogP contribution in [0.2, 0.25) is 0 Å². The fourth-order valence-corrected chi connectivity index (χ4v) is 4.56. The van der Waals surface area contributed by atoms with E-state index < -0.39 is 18.2 Å². The molecule has 208 valence electrons. The first-order chi connectivity index (χ1) is 18.3. The largest absolute Gasteiger partial charge is 0.355 e. The average molecular weight is 535 g/mol. The highest BCUT2D eigenvalue weighted by Crippen LogP contribution is 2.26. The first-order valence-corrected chi connectivity index (χ1v) is 12.6. The van der Waals surface area contributed by atoms with Gasteiger partial charge in [-0.3, -0.25) is 19.2 Å². The van der Waals surface area contributed by atoms with E-state index in [1.807, 2.05) is 55.4 Å². The molecule has 0 spiro atoms. The summed E-state index contributed by atoms with van der Waals surface area (Å²) in [5, 5.41) is 13.4. The minimum Gasteiger partial charge on any atom is -0.355 e. The lowest BCUT2D eigenvalue weighted by atomic mass is 9.89. The van der Waals surface area contributed by atoms with E-state index in [2.05, 4.69) is 31.7 Å². The summed E-state index contributed by atoms with van der Waals surface area (Å²) in [6, 6.07) is 0. The van der Waals surface area contributed by atoms with E-state index in [0.29, 0.717) is 11.1 Å². The van der Waals surface area contributed by atoms with Crippen molar-refractivity contribution in [2.24, 2.45) is 10.2 Å². The maximum atomic E-state index is 12.3. The van der Waals surface area contributed by atoms with Crippen LogP contribution < -0.4 is 21.5 Å². The Hall–Kier alpha value is -4.34. The van der Waals surface area contributed by atoms with Crippen molar-refractivity contribution in [1.29, 1.82) is 0 Å². The number of carbonyl (C=O) groups excluding carboxylic acids is 4. The third kappa shape index (κ3) is 6.57. The van der Waals surface area contributed by atoms with E-state index in [4.69, 9.17) is 0 Å². The molecule has 0 aliphatic heterocycles. The molecule has 0 unspecified atom stereocenters. The van der Waals surface area contributed by atoms with Crippen LogP contribution in [0.3, 0.4) is 0 Å². The predicted octanol–water partition coefficient (Wildman–Crippen LogP) is 2.86. The molecule has 39 heavy (non-hydrogen) atoms. The van der Waals surface area contributed by atoms with Crippen molar-refractivity contribution >= 4 is 36.1 Å². The maximum absolute atomic E-state index is 12.3. The normalized spacial score (nSPS) is 11.1.